The quantitative estimate of drug-likeness (QED) is 0.653. The molecule has 2 aromatic carbocycles. The van der Waals surface area contributed by atoms with Gasteiger partial charge >= 0.3 is 0 Å². The summed E-state index contributed by atoms with van der Waals surface area (Å²) in [6, 6.07) is 13.7. The van der Waals surface area contributed by atoms with Crippen LogP contribution in [0, 0.1) is 6.92 Å². The third-order valence-corrected chi connectivity index (χ3v) is 4.62. The number of nitrogens with zero attached hydrogens (tertiary/aromatic N) is 3. The maximum absolute atomic E-state index is 12.3. The van der Waals surface area contributed by atoms with Crippen molar-refractivity contribution in [3.05, 3.63) is 59.2 Å². The van der Waals surface area contributed by atoms with Gasteiger partial charge < -0.3 is 14.5 Å². The van der Waals surface area contributed by atoms with E-state index in [2.05, 4.69) is 27.6 Å². The van der Waals surface area contributed by atoms with E-state index in [1.165, 1.54) is 5.69 Å². The minimum Gasteiger partial charge on any atom is -0.378 e. The summed E-state index contributed by atoms with van der Waals surface area (Å²) >= 11 is 0. The fourth-order valence-corrected chi connectivity index (χ4v) is 2.97. The molecule has 1 heterocycles. The van der Waals surface area contributed by atoms with Crippen LogP contribution in [0.5, 0.6) is 0 Å². The van der Waals surface area contributed by atoms with Crippen molar-refractivity contribution in [1.29, 1.82) is 0 Å². The molecule has 0 aliphatic carbocycles. The third kappa shape index (κ3) is 4.86. The normalized spacial score (nSPS) is 14.4. The molecule has 0 spiro atoms. The average molecular weight is 366 g/mol. The van der Waals surface area contributed by atoms with E-state index in [9.17, 15) is 4.79 Å². The Labute approximate surface area is 160 Å². The van der Waals surface area contributed by atoms with E-state index in [1.807, 2.05) is 50.2 Å². The first-order chi connectivity index (χ1) is 13.0. The number of ether oxygens (including phenoxy) is 1. The first-order valence-electron chi connectivity index (χ1n) is 9.09. The van der Waals surface area contributed by atoms with Crippen molar-refractivity contribution < 1.29 is 9.53 Å². The van der Waals surface area contributed by atoms with Crippen molar-refractivity contribution in [1.82, 2.24) is 5.43 Å². The van der Waals surface area contributed by atoms with Crippen LogP contribution in [0.4, 0.5) is 11.4 Å². The van der Waals surface area contributed by atoms with Crippen molar-refractivity contribution >= 4 is 23.5 Å². The van der Waals surface area contributed by atoms with Crippen LogP contribution in [-0.4, -0.2) is 52.5 Å². The number of carbonyl (C=O) groups excluding carboxylic acids is 1. The molecule has 3 rings (SSSR count). The first-order valence-corrected chi connectivity index (χ1v) is 9.09. The Balaban J connectivity index is 1.64. The molecule has 1 saturated heterocycles. The Morgan fingerprint density at radius 1 is 1.19 bits per heavy atom. The Hall–Kier alpha value is -2.86. The second-order valence-corrected chi connectivity index (χ2v) is 6.78. The third-order valence-electron chi connectivity index (χ3n) is 4.62. The van der Waals surface area contributed by atoms with Crippen molar-refractivity contribution in [3.8, 4) is 0 Å². The van der Waals surface area contributed by atoms with Gasteiger partial charge in [0.2, 0.25) is 0 Å². The van der Waals surface area contributed by atoms with Gasteiger partial charge in [-0.2, -0.15) is 5.10 Å². The lowest BCUT2D eigenvalue weighted by Crippen LogP contribution is -2.36. The zero-order valence-corrected chi connectivity index (χ0v) is 16.1. The van der Waals surface area contributed by atoms with E-state index in [0.29, 0.717) is 5.56 Å². The van der Waals surface area contributed by atoms with E-state index in [0.717, 1.165) is 43.1 Å². The van der Waals surface area contributed by atoms with E-state index in [1.54, 1.807) is 12.3 Å². The summed E-state index contributed by atoms with van der Waals surface area (Å²) < 4.78 is 5.40. The highest BCUT2D eigenvalue weighted by Gasteiger charge is 2.12. The second kappa shape index (κ2) is 8.68. The van der Waals surface area contributed by atoms with Crippen LogP contribution in [0.1, 0.15) is 21.5 Å². The van der Waals surface area contributed by atoms with Crippen molar-refractivity contribution in [2.24, 2.45) is 5.10 Å². The van der Waals surface area contributed by atoms with Crippen molar-refractivity contribution in [3.63, 3.8) is 0 Å². The van der Waals surface area contributed by atoms with Crippen LogP contribution in [0.3, 0.4) is 0 Å². The molecule has 1 fully saturated rings. The predicted molar refractivity (Wildman–Crippen MR) is 110 cm³/mol. The summed E-state index contributed by atoms with van der Waals surface area (Å²) in [5.41, 5.74) is 7.45. The molecule has 142 valence electrons. The van der Waals surface area contributed by atoms with Gasteiger partial charge in [-0.1, -0.05) is 12.1 Å². The number of rotatable bonds is 5. The van der Waals surface area contributed by atoms with Gasteiger partial charge in [0.25, 0.3) is 5.91 Å². The number of carbonyl (C=O) groups is 1. The summed E-state index contributed by atoms with van der Waals surface area (Å²) in [6.07, 6.45) is 1.69. The van der Waals surface area contributed by atoms with Crippen LogP contribution >= 0.6 is 0 Å². The van der Waals surface area contributed by atoms with E-state index in [4.69, 9.17) is 4.74 Å². The largest absolute Gasteiger partial charge is 0.378 e. The SMILES string of the molecule is Cc1cc(N2CCOCC2)ccc1C=NNC(=O)c1cccc(N(C)C)c1. The highest BCUT2D eigenvalue weighted by atomic mass is 16.5. The Morgan fingerprint density at radius 2 is 1.96 bits per heavy atom. The van der Waals surface area contributed by atoms with Crippen LogP contribution in [0.15, 0.2) is 47.6 Å². The van der Waals surface area contributed by atoms with Gasteiger partial charge in [0.15, 0.2) is 0 Å². The first kappa shape index (κ1) is 18.9. The number of amides is 1. The number of anilines is 2. The lowest BCUT2D eigenvalue weighted by molar-refractivity contribution is 0.0955. The van der Waals surface area contributed by atoms with Crippen LogP contribution < -0.4 is 15.2 Å². The van der Waals surface area contributed by atoms with E-state index in [-0.39, 0.29) is 5.91 Å². The van der Waals surface area contributed by atoms with Gasteiger partial charge in [-0.15, -0.1) is 0 Å². The summed E-state index contributed by atoms with van der Waals surface area (Å²) in [5, 5.41) is 4.12. The van der Waals surface area contributed by atoms with E-state index < -0.39 is 0 Å². The van der Waals surface area contributed by atoms with Gasteiger partial charge in [0, 0.05) is 44.1 Å². The number of hydrogen-bond donors (Lipinski definition) is 1. The molecule has 0 unspecified atom stereocenters. The summed E-state index contributed by atoms with van der Waals surface area (Å²) in [6.45, 7) is 5.41. The van der Waals surface area contributed by atoms with Gasteiger partial charge in [0.1, 0.15) is 0 Å². The van der Waals surface area contributed by atoms with Crippen LogP contribution in [-0.2, 0) is 4.74 Å². The monoisotopic (exact) mass is 366 g/mol. The zero-order valence-electron chi connectivity index (χ0n) is 16.1. The summed E-state index contributed by atoms with van der Waals surface area (Å²) in [4.78, 5) is 16.6. The lowest BCUT2D eigenvalue weighted by Gasteiger charge is -2.29. The lowest BCUT2D eigenvalue weighted by atomic mass is 10.1. The average Bonchev–Trinajstić information content (AvgIpc) is 2.69. The molecule has 1 N–H and O–H groups in total. The molecule has 6 nitrogen and oxygen atoms in total. The molecule has 0 aromatic heterocycles. The fourth-order valence-electron chi connectivity index (χ4n) is 2.97. The maximum Gasteiger partial charge on any atom is 0.271 e. The molecule has 1 amide bonds. The second-order valence-electron chi connectivity index (χ2n) is 6.78. The number of aryl methyl sites for hydroxylation is 1. The molecule has 1 aliphatic rings. The number of nitrogens with one attached hydrogen (secondary N) is 1. The molecular weight excluding hydrogens is 340 g/mol. The summed E-state index contributed by atoms with van der Waals surface area (Å²) in [7, 11) is 3.89. The number of morpholine rings is 1. The molecule has 0 radical (unpaired) electrons. The van der Waals surface area contributed by atoms with Gasteiger partial charge in [-0.3, -0.25) is 4.79 Å². The minimum atomic E-state index is -0.225. The summed E-state index contributed by atoms with van der Waals surface area (Å²) in [5.74, 6) is -0.225. The molecular formula is C21H26N4O2. The molecule has 1 aliphatic heterocycles. The smallest absolute Gasteiger partial charge is 0.271 e. The van der Waals surface area contributed by atoms with Gasteiger partial charge in [0.05, 0.1) is 19.4 Å². The predicted octanol–water partition coefficient (Wildman–Crippen LogP) is 2.66. The number of benzene rings is 2. The minimum absolute atomic E-state index is 0.225. The molecule has 0 atom stereocenters. The molecule has 6 heteroatoms. The van der Waals surface area contributed by atoms with E-state index >= 15 is 0 Å². The van der Waals surface area contributed by atoms with Gasteiger partial charge in [-0.05, 0) is 48.4 Å². The van der Waals surface area contributed by atoms with Gasteiger partial charge in [-0.25, -0.2) is 5.43 Å². The number of hydrazone groups is 1. The maximum atomic E-state index is 12.3. The highest BCUT2D eigenvalue weighted by Crippen LogP contribution is 2.19. The molecule has 2 aromatic rings. The number of hydrogen-bond acceptors (Lipinski definition) is 5. The Kier molecular flexibility index (Phi) is 6.08. The van der Waals surface area contributed by atoms with Crippen LogP contribution in [0.25, 0.3) is 0 Å². The molecule has 0 bridgehead atoms. The topological polar surface area (TPSA) is 57.2 Å². The standard InChI is InChI=1S/C21H26N4O2/c1-16-13-20(25-9-11-27-12-10-25)8-7-18(16)15-22-23-21(26)17-5-4-6-19(14-17)24(2)3/h4-8,13-15H,9-12H2,1-3H3,(H,23,26). The Bertz CT molecular complexity index is 827. The molecule has 0 saturated carbocycles. The Morgan fingerprint density at radius 3 is 2.67 bits per heavy atom. The van der Waals surface area contributed by atoms with Crippen molar-refractivity contribution in [2.45, 2.75) is 6.92 Å². The zero-order chi connectivity index (χ0) is 19.2. The molecule has 27 heavy (non-hydrogen) atoms. The van der Waals surface area contributed by atoms with Crippen LogP contribution in [0.2, 0.25) is 0 Å². The fraction of sp³-hybridized carbons (Fsp3) is 0.333. The van der Waals surface area contributed by atoms with Crippen molar-refractivity contribution in [2.75, 3.05) is 50.2 Å². The highest BCUT2D eigenvalue weighted by molar-refractivity contribution is 5.95.